The second kappa shape index (κ2) is 7.43. The topological polar surface area (TPSA) is 34.9 Å². The van der Waals surface area contributed by atoms with E-state index in [0.717, 1.165) is 26.4 Å². The summed E-state index contributed by atoms with van der Waals surface area (Å²) in [6.07, 6.45) is 1.66. The average molecular weight is 423 g/mol. The van der Waals surface area contributed by atoms with E-state index in [1.54, 1.807) is 22.2 Å². The Morgan fingerprint density at radius 1 is 1.03 bits per heavy atom. The SMILES string of the molecule is Cc1sc2ncn(Cc3ccc(C(C)(C)C)cc3)c(=O)c2c1-c1ccc(Cl)cc1. The van der Waals surface area contributed by atoms with E-state index in [4.69, 9.17) is 11.6 Å². The molecule has 2 heterocycles. The molecule has 3 nitrogen and oxygen atoms in total. The number of thiophene rings is 1. The molecule has 2 aromatic carbocycles. The number of nitrogens with zero attached hydrogens (tertiary/aromatic N) is 2. The van der Waals surface area contributed by atoms with Crippen molar-refractivity contribution in [1.82, 2.24) is 9.55 Å². The molecular weight excluding hydrogens is 400 g/mol. The summed E-state index contributed by atoms with van der Waals surface area (Å²) in [4.78, 5) is 19.8. The Bertz CT molecular complexity index is 1230. The van der Waals surface area contributed by atoms with E-state index < -0.39 is 0 Å². The molecular formula is C24H23ClN2OS. The lowest BCUT2D eigenvalue weighted by molar-refractivity contribution is 0.589. The number of aryl methyl sites for hydroxylation is 1. The maximum absolute atomic E-state index is 13.3. The van der Waals surface area contributed by atoms with E-state index in [2.05, 4.69) is 50.0 Å². The number of halogens is 1. The molecule has 0 aliphatic rings. The van der Waals surface area contributed by atoms with Crippen molar-refractivity contribution in [2.24, 2.45) is 0 Å². The number of hydrogen-bond acceptors (Lipinski definition) is 3. The normalized spacial score (nSPS) is 11.9. The smallest absolute Gasteiger partial charge is 0.263 e. The van der Waals surface area contributed by atoms with Crippen molar-refractivity contribution in [1.29, 1.82) is 0 Å². The third-order valence-corrected chi connectivity index (χ3v) is 6.43. The first-order valence-electron chi connectivity index (χ1n) is 9.58. The van der Waals surface area contributed by atoms with Gasteiger partial charge in [0.1, 0.15) is 4.83 Å². The molecule has 0 unspecified atom stereocenters. The lowest BCUT2D eigenvalue weighted by Crippen LogP contribution is -2.21. The summed E-state index contributed by atoms with van der Waals surface area (Å²) in [5.41, 5.74) is 4.41. The van der Waals surface area contributed by atoms with Gasteiger partial charge in [0.2, 0.25) is 0 Å². The predicted octanol–water partition coefficient (Wildman–Crippen LogP) is 6.43. The molecule has 2 aromatic heterocycles. The molecule has 0 aliphatic carbocycles. The van der Waals surface area contributed by atoms with Crippen LogP contribution in [0.25, 0.3) is 21.3 Å². The first kappa shape index (κ1) is 19.9. The van der Waals surface area contributed by atoms with Crippen LogP contribution in [-0.2, 0) is 12.0 Å². The van der Waals surface area contributed by atoms with Gasteiger partial charge in [-0.1, -0.05) is 68.8 Å². The zero-order valence-corrected chi connectivity index (χ0v) is 18.6. The Labute approximate surface area is 179 Å². The third-order valence-electron chi connectivity index (χ3n) is 5.16. The second-order valence-corrected chi connectivity index (χ2v) is 9.98. The molecule has 0 fully saturated rings. The fourth-order valence-corrected chi connectivity index (χ4v) is 4.65. The molecule has 148 valence electrons. The van der Waals surface area contributed by atoms with E-state index in [0.29, 0.717) is 17.0 Å². The van der Waals surface area contributed by atoms with E-state index in [-0.39, 0.29) is 11.0 Å². The summed E-state index contributed by atoms with van der Waals surface area (Å²) in [5, 5.41) is 1.36. The van der Waals surface area contributed by atoms with Crippen molar-refractivity contribution in [3.63, 3.8) is 0 Å². The number of benzene rings is 2. The monoisotopic (exact) mass is 422 g/mol. The van der Waals surface area contributed by atoms with Crippen LogP contribution in [0.4, 0.5) is 0 Å². The molecule has 0 aliphatic heterocycles. The first-order valence-corrected chi connectivity index (χ1v) is 10.8. The van der Waals surface area contributed by atoms with Crippen LogP contribution in [0.1, 0.15) is 36.8 Å². The van der Waals surface area contributed by atoms with Crippen LogP contribution in [-0.4, -0.2) is 9.55 Å². The van der Waals surface area contributed by atoms with Crippen LogP contribution in [0.2, 0.25) is 5.02 Å². The fourth-order valence-electron chi connectivity index (χ4n) is 3.52. The van der Waals surface area contributed by atoms with Crippen molar-refractivity contribution in [3.8, 4) is 11.1 Å². The number of rotatable bonds is 3. The van der Waals surface area contributed by atoms with Gasteiger partial charge in [0, 0.05) is 15.5 Å². The minimum atomic E-state index is -0.0100. The van der Waals surface area contributed by atoms with Gasteiger partial charge in [-0.2, -0.15) is 0 Å². The zero-order valence-electron chi connectivity index (χ0n) is 17.0. The number of aromatic nitrogens is 2. The average Bonchev–Trinajstić information content (AvgIpc) is 3.01. The standard InChI is InChI=1S/C24H23ClN2OS/c1-15-20(17-7-11-19(25)12-8-17)21-22(29-15)26-14-27(23(21)28)13-16-5-9-18(10-6-16)24(2,3)4/h5-12,14H,13H2,1-4H3. The summed E-state index contributed by atoms with van der Waals surface area (Å²) in [6.45, 7) is 9.12. The minimum Gasteiger partial charge on any atom is -0.294 e. The van der Waals surface area contributed by atoms with Gasteiger partial charge in [0.15, 0.2) is 0 Å². The van der Waals surface area contributed by atoms with Gasteiger partial charge < -0.3 is 0 Å². The summed E-state index contributed by atoms with van der Waals surface area (Å²) >= 11 is 7.60. The van der Waals surface area contributed by atoms with Crippen LogP contribution >= 0.6 is 22.9 Å². The maximum Gasteiger partial charge on any atom is 0.263 e. The first-order chi connectivity index (χ1) is 13.7. The Kier molecular flexibility index (Phi) is 5.09. The lowest BCUT2D eigenvalue weighted by Gasteiger charge is -2.19. The highest BCUT2D eigenvalue weighted by Gasteiger charge is 2.17. The molecule has 29 heavy (non-hydrogen) atoms. The Hall–Kier alpha value is -2.43. The molecule has 4 aromatic rings. The van der Waals surface area contributed by atoms with Crippen LogP contribution in [0.15, 0.2) is 59.7 Å². The molecule has 0 atom stereocenters. The molecule has 0 saturated carbocycles. The van der Waals surface area contributed by atoms with Crippen molar-refractivity contribution < 1.29 is 0 Å². The predicted molar refractivity (Wildman–Crippen MR) is 123 cm³/mol. The molecule has 0 spiro atoms. The Morgan fingerprint density at radius 3 is 2.31 bits per heavy atom. The molecule has 0 N–H and O–H groups in total. The molecule has 0 amide bonds. The van der Waals surface area contributed by atoms with Gasteiger partial charge in [-0.3, -0.25) is 9.36 Å². The van der Waals surface area contributed by atoms with Crippen LogP contribution in [0, 0.1) is 6.92 Å². The highest BCUT2D eigenvalue weighted by atomic mass is 35.5. The summed E-state index contributed by atoms with van der Waals surface area (Å²) in [5.74, 6) is 0. The highest BCUT2D eigenvalue weighted by molar-refractivity contribution is 7.19. The zero-order chi connectivity index (χ0) is 20.8. The summed E-state index contributed by atoms with van der Waals surface area (Å²) in [7, 11) is 0. The fraction of sp³-hybridized carbons (Fsp3) is 0.250. The van der Waals surface area contributed by atoms with Crippen molar-refractivity contribution in [3.05, 3.63) is 86.2 Å². The molecule has 4 rings (SSSR count). The summed E-state index contributed by atoms with van der Waals surface area (Å²) < 4.78 is 1.69. The molecule has 0 radical (unpaired) electrons. The molecule has 0 saturated heterocycles. The van der Waals surface area contributed by atoms with Crippen molar-refractivity contribution >= 4 is 33.2 Å². The van der Waals surface area contributed by atoms with E-state index >= 15 is 0 Å². The minimum absolute atomic E-state index is 0.0100. The quantitative estimate of drug-likeness (QED) is 0.381. The lowest BCUT2D eigenvalue weighted by atomic mass is 9.87. The van der Waals surface area contributed by atoms with Gasteiger partial charge in [0.05, 0.1) is 18.3 Å². The van der Waals surface area contributed by atoms with Gasteiger partial charge in [-0.25, -0.2) is 4.98 Å². The van der Waals surface area contributed by atoms with Gasteiger partial charge in [-0.15, -0.1) is 11.3 Å². The largest absolute Gasteiger partial charge is 0.294 e. The Balaban J connectivity index is 1.77. The number of hydrogen-bond donors (Lipinski definition) is 0. The van der Waals surface area contributed by atoms with Gasteiger partial charge in [-0.05, 0) is 41.2 Å². The van der Waals surface area contributed by atoms with Gasteiger partial charge >= 0.3 is 0 Å². The van der Waals surface area contributed by atoms with Crippen LogP contribution in [0.3, 0.4) is 0 Å². The maximum atomic E-state index is 13.3. The van der Waals surface area contributed by atoms with Crippen molar-refractivity contribution in [2.75, 3.05) is 0 Å². The summed E-state index contributed by atoms with van der Waals surface area (Å²) in [6, 6.07) is 16.1. The van der Waals surface area contributed by atoms with E-state index in [1.165, 1.54) is 5.56 Å². The van der Waals surface area contributed by atoms with Crippen LogP contribution < -0.4 is 5.56 Å². The second-order valence-electron chi connectivity index (χ2n) is 8.34. The molecule has 5 heteroatoms. The van der Waals surface area contributed by atoms with Gasteiger partial charge in [0.25, 0.3) is 5.56 Å². The van der Waals surface area contributed by atoms with Crippen LogP contribution in [0.5, 0.6) is 0 Å². The third kappa shape index (κ3) is 3.87. The molecule has 0 bridgehead atoms. The number of fused-ring (bicyclic) bond motifs is 1. The highest BCUT2D eigenvalue weighted by Crippen LogP contribution is 2.35. The van der Waals surface area contributed by atoms with E-state index in [9.17, 15) is 4.79 Å². The Morgan fingerprint density at radius 2 is 1.69 bits per heavy atom. The van der Waals surface area contributed by atoms with E-state index in [1.807, 2.05) is 31.2 Å². The van der Waals surface area contributed by atoms with Crippen molar-refractivity contribution in [2.45, 2.75) is 39.7 Å².